The first-order valence-corrected chi connectivity index (χ1v) is 2.61. The molecule has 1 aromatic heterocycles. The van der Waals surface area contributed by atoms with Crippen LogP contribution in [0.25, 0.3) is 6.08 Å². The Labute approximate surface area is 99.0 Å². The Morgan fingerprint density at radius 1 is 1.44 bits per heavy atom. The summed E-state index contributed by atoms with van der Waals surface area (Å²) in [6, 6.07) is 6.01. The summed E-state index contributed by atoms with van der Waals surface area (Å²) >= 11 is 0. The van der Waals surface area contributed by atoms with E-state index in [4.69, 9.17) is 0 Å². The molecule has 0 fully saturated rings. The molecular formula is C7H8BK. The Balaban J connectivity index is 0.000000640. The first kappa shape index (κ1) is 9.79. The molecule has 0 bridgehead atoms. The van der Waals surface area contributed by atoms with Crippen LogP contribution in [-0.2, 0) is 0 Å². The average Bonchev–Trinajstić information content (AvgIpc) is 1.90. The molecule has 0 radical (unpaired) electrons. The first-order valence-electron chi connectivity index (χ1n) is 2.61. The molecule has 0 amide bonds. The van der Waals surface area contributed by atoms with Gasteiger partial charge >= 0.3 is 101 Å². The Bertz CT molecular complexity index is 172. The fourth-order valence-corrected chi connectivity index (χ4v) is 0.589. The molecule has 0 saturated heterocycles. The number of hydrogen-bond donors (Lipinski definition) is 0. The van der Waals surface area contributed by atoms with E-state index in [0.29, 0.717) is 0 Å². The van der Waals surface area contributed by atoms with E-state index >= 15 is 0 Å². The van der Waals surface area contributed by atoms with Crippen LogP contribution in [0.2, 0.25) is 0 Å². The van der Waals surface area contributed by atoms with Gasteiger partial charge in [-0.25, -0.2) is 0 Å². The monoisotopic (exact) mass is 142 g/mol. The third-order valence-corrected chi connectivity index (χ3v) is 1.04. The molecule has 1 heterocycles. The summed E-state index contributed by atoms with van der Waals surface area (Å²) in [5, 5.41) is 0. The van der Waals surface area contributed by atoms with Crippen LogP contribution in [-0.4, -0.2) is 58.3 Å². The maximum atomic E-state index is 3.63. The van der Waals surface area contributed by atoms with Crippen molar-refractivity contribution in [2.45, 2.75) is 0 Å². The Hall–Kier alpha value is 0.791. The van der Waals surface area contributed by atoms with Crippen molar-refractivity contribution < 1.29 is 0 Å². The second-order valence-electron chi connectivity index (χ2n) is 1.61. The van der Waals surface area contributed by atoms with Gasteiger partial charge in [0.05, 0.1) is 0 Å². The predicted octanol–water partition coefficient (Wildman–Crippen LogP) is 1.02. The van der Waals surface area contributed by atoms with Gasteiger partial charge in [-0.05, 0) is 0 Å². The van der Waals surface area contributed by atoms with Crippen molar-refractivity contribution in [3.05, 3.63) is 36.2 Å². The van der Waals surface area contributed by atoms with Gasteiger partial charge in [0.2, 0.25) is 0 Å². The Morgan fingerprint density at radius 3 is 2.56 bits per heavy atom. The molecule has 0 aromatic carbocycles. The molecule has 2 heteroatoms. The van der Waals surface area contributed by atoms with Gasteiger partial charge in [0.1, 0.15) is 0 Å². The molecule has 0 atom stereocenters. The topological polar surface area (TPSA) is 0 Å². The van der Waals surface area contributed by atoms with Crippen molar-refractivity contribution in [3.8, 4) is 0 Å². The zero-order valence-electron chi connectivity index (χ0n) is 4.67. The summed E-state index contributed by atoms with van der Waals surface area (Å²) in [5.41, 5.74) is 1.17. The van der Waals surface area contributed by atoms with Crippen molar-refractivity contribution in [3.63, 3.8) is 0 Å². The third kappa shape index (κ3) is 3.48. The summed E-state index contributed by atoms with van der Waals surface area (Å²) < 4.78 is 0. The molecule has 1 rings (SSSR count). The molecule has 0 unspecified atom stereocenters. The maximum absolute atomic E-state index is 3.63. The van der Waals surface area contributed by atoms with E-state index < -0.39 is 0 Å². The first-order chi connectivity index (χ1) is 3.93. The van der Waals surface area contributed by atoms with Crippen molar-refractivity contribution >= 4 is 64.4 Å². The Kier molecular flexibility index (Phi) is 6.06. The van der Waals surface area contributed by atoms with Gasteiger partial charge in [-0.2, -0.15) is 0 Å². The quantitative estimate of drug-likeness (QED) is 0.513. The van der Waals surface area contributed by atoms with Gasteiger partial charge in [0, 0.05) is 0 Å². The summed E-state index contributed by atoms with van der Waals surface area (Å²) in [6.07, 6.45) is 1.83. The molecular weight excluding hydrogens is 134 g/mol. The fraction of sp³-hybridized carbons (Fsp3) is 0. The van der Waals surface area contributed by atoms with E-state index in [-0.39, 0.29) is 51.4 Å². The number of hydrogen-bond acceptors (Lipinski definition) is 0. The van der Waals surface area contributed by atoms with Gasteiger partial charge in [0.15, 0.2) is 0 Å². The molecule has 0 spiro atoms. The summed E-state index contributed by atoms with van der Waals surface area (Å²) in [4.78, 5) is 0. The standard InChI is InChI=1S/C7H7B.K.H/c1-2-7-5-3-4-6-8-7;;/h2-6H,1H2;;. The van der Waals surface area contributed by atoms with E-state index in [1.807, 2.05) is 37.1 Å². The van der Waals surface area contributed by atoms with Gasteiger partial charge in [-0.15, -0.1) is 0 Å². The SMILES string of the molecule is C=Cc1bcccc1.[KH]. The van der Waals surface area contributed by atoms with E-state index in [1.165, 1.54) is 5.46 Å². The minimum atomic E-state index is 0. The minimum absolute atomic E-state index is 0. The van der Waals surface area contributed by atoms with Gasteiger partial charge < -0.3 is 0 Å². The van der Waals surface area contributed by atoms with Crippen LogP contribution in [0.3, 0.4) is 0 Å². The summed E-state index contributed by atoms with van der Waals surface area (Å²) in [7, 11) is 0. The molecule has 0 aliphatic heterocycles. The van der Waals surface area contributed by atoms with Crippen molar-refractivity contribution in [2.24, 2.45) is 0 Å². The van der Waals surface area contributed by atoms with E-state index in [2.05, 4.69) is 6.58 Å². The predicted molar refractivity (Wildman–Crippen MR) is 45.0 cm³/mol. The van der Waals surface area contributed by atoms with Gasteiger partial charge in [-0.1, -0.05) is 0 Å². The van der Waals surface area contributed by atoms with Crippen LogP contribution in [0.1, 0.15) is 5.46 Å². The second-order valence-corrected chi connectivity index (χ2v) is 1.61. The van der Waals surface area contributed by atoms with Crippen molar-refractivity contribution in [2.75, 3.05) is 0 Å². The summed E-state index contributed by atoms with van der Waals surface area (Å²) in [6.45, 7) is 5.65. The Morgan fingerprint density at radius 2 is 2.22 bits per heavy atom. The van der Waals surface area contributed by atoms with Crippen LogP contribution >= 0.6 is 0 Å². The van der Waals surface area contributed by atoms with E-state index in [1.54, 1.807) is 0 Å². The van der Waals surface area contributed by atoms with Crippen LogP contribution in [0.15, 0.2) is 30.7 Å². The van der Waals surface area contributed by atoms with Crippen LogP contribution in [0, 0.1) is 0 Å². The van der Waals surface area contributed by atoms with E-state index in [0.717, 1.165) is 0 Å². The van der Waals surface area contributed by atoms with Crippen LogP contribution < -0.4 is 0 Å². The normalized spacial score (nSPS) is 7.11. The van der Waals surface area contributed by atoms with Crippen molar-refractivity contribution in [1.29, 1.82) is 0 Å². The van der Waals surface area contributed by atoms with Crippen LogP contribution in [0.4, 0.5) is 0 Å². The molecule has 40 valence electrons. The molecule has 0 aliphatic rings. The fourth-order valence-electron chi connectivity index (χ4n) is 0.589. The summed E-state index contributed by atoms with van der Waals surface area (Å²) in [5.74, 6) is 2.00. The van der Waals surface area contributed by atoms with Gasteiger partial charge in [0.25, 0.3) is 0 Å². The van der Waals surface area contributed by atoms with Crippen molar-refractivity contribution in [1.82, 2.24) is 0 Å². The molecule has 0 N–H and O–H groups in total. The third-order valence-electron chi connectivity index (χ3n) is 1.04. The molecule has 1 aromatic rings. The molecule has 0 saturated carbocycles. The zero-order valence-corrected chi connectivity index (χ0v) is 4.67. The van der Waals surface area contributed by atoms with Crippen LogP contribution in [0.5, 0.6) is 0 Å². The molecule has 9 heavy (non-hydrogen) atoms. The molecule has 0 nitrogen and oxygen atoms in total. The van der Waals surface area contributed by atoms with E-state index in [9.17, 15) is 0 Å². The van der Waals surface area contributed by atoms with Gasteiger partial charge in [-0.3, -0.25) is 0 Å². The number of rotatable bonds is 1. The average molecular weight is 142 g/mol. The zero-order chi connectivity index (χ0) is 5.82. The second kappa shape index (κ2) is 5.57. The molecule has 0 aliphatic carbocycles.